The SMILES string of the molecule is COC(=O)c1ccc(NC(=O)[C@H](C)NS(=O)(=O)c2cc(Cl)ccc2Cl)cc1. The first-order valence-electron chi connectivity index (χ1n) is 7.60. The Morgan fingerprint density at radius 3 is 2.30 bits per heavy atom. The Balaban J connectivity index is 2.09. The Labute approximate surface area is 166 Å². The van der Waals surface area contributed by atoms with E-state index in [4.69, 9.17) is 23.2 Å². The normalized spacial score (nSPS) is 12.3. The van der Waals surface area contributed by atoms with Gasteiger partial charge in [-0.15, -0.1) is 0 Å². The van der Waals surface area contributed by atoms with Crippen LogP contribution in [0.1, 0.15) is 17.3 Å². The van der Waals surface area contributed by atoms with Crippen LogP contribution in [0, 0.1) is 0 Å². The van der Waals surface area contributed by atoms with E-state index >= 15 is 0 Å². The number of hydrogen-bond acceptors (Lipinski definition) is 5. The van der Waals surface area contributed by atoms with E-state index < -0.39 is 27.9 Å². The standard InChI is InChI=1S/C17H16Cl2N2O5S/c1-10(21-27(24,25)15-9-12(18)5-8-14(15)19)16(22)20-13-6-3-11(4-7-13)17(23)26-2/h3-10,21H,1-2H3,(H,20,22)/t10-/m0/s1. The van der Waals surface area contributed by atoms with Crippen molar-refractivity contribution in [2.24, 2.45) is 0 Å². The van der Waals surface area contributed by atoms with Crippen LogP contribution in [-0.4, -0.2) is 33.4 Å². The van der Waals surface area contributed by atoms with Crippen LogP contribution in [0.3, 0.4) is 0 Å². The highest BCUT2D eigenvalue weighted by atomic mass is 35.5. The molecule has 1 atom stereocenters. The highest BCUT2D eigenvalue weighted by Crippen LogP contribution is 2.25. The predicted octanol–water partition coefficient (Wildman–Crippen LogP) is 3.09. The Hall–Kier alpha value is -2.13. The van der Waals surface area contributed by atoms with Gasteiger partial charge in [-0.25, -0.2) is 13.2 Å². The second-order valence-corrected chi connectivity index (χ2v) is 8.00. The number of nitrogens with one attached hydrogen (secondary N) is 2. The van der Waals surface area contributed by atoms with Crippen molar-refractivity contribution in [1.29, 1.82) is 0 Å². The number of ether oxygens (including phenoxy) is 1. The summed E-state index contributed by atoms with van der Waals surface area (Å²) < 4.78 is 31.7. The van der Waals surface area contributed by atoms with Gasteiger partial charge < -0.3 is 10.1 Å². The molecule has 2 aromatic rings. The molecule has 0 saturated heterocycles. The summed E-state index contributed by atoms with van der Waals surface area (Å²) in [5.41, 5.74) is 0.708. The smallest absolute Gasteiger partial charge is 0.337 e. The zero-order valence-electron chi connectivity index (χ0n) is 14.3. The van der Waals surface area contributed by atoms with Gasteiger partial charge in [-0.3, -0.25) is 4.79 Å². The van der Waals surface area contributed by atoms with Crippen LogP contribution in [0.5, 0.6) is 0 Å². The molecule has 0 aliphatic carbocycles. The molecule has 27 heavy (non-hydrogen) atoms. The highest BCUT2D eigenvalue weighted by molar-refractivity contribution is 7.89. The van der Waals surface area contributed by atoms with Crippen molar-refractivity contribution >= 4 is 50.8 Å². The van der Waals surface area contributed by atoms with Crippen LogP contribution < -0.4 is 10.0 Å². The first-order valence-corrected chi connectivity index (χ1v) is 9.84. The average Bonchev–Trinajstić information content (AvgIpc) is 2.63. The maximum atomic E-state index is 12.4. The van der Waals surface area contributed by atoms with Crippen molar-refractivity contribution < 1.29 is 22.7 Å². The van der Waals surface area contributed by atoms with Crippen molar-refractivity contribution in [1.82, 2.24) is 4.72 Å². The number of halogens is 2. The number of hydrogen-bond donors (Lipinski definition) is 2. The summed E-state index contributed by atoms with van der Waals surface area (Å²) in [6.07, 6.45) is 0. The molecule has 0 aromatic heterocycles. The van der Waals surface area contributed by atoms with Crippen LogP contribution in [-0.2, 0) is 19.6 Å². The fourth-order valence-corrected chi connectivity index (χ4v) is 4.06. The van der Waals surface area contributed by atoms with E-state index in [0.717, 1.165) is 0 Å². The molecule has 0 saturated carbocycles. The van der Waals surface area contributed by atoms with Gasteiger partial charge in [0.25, 0.3) is 0 Å². The molecule has 1 amide bonds. The maximum absolute atomic E-state index is 12.4. The lowest BCUT2D eigenvalue weighted by molar-refractivity contribution is -0.117. The molecule has 0 spiro atoms. The third-order valence-corrected chi connectivity index (χ3v) is 5.74. The van der Waals surface area contributed by atoms with Crippen molar-refractivity contribution in [2.45, 2.75) is 17.9 Å². The first-order chi connectivity index (χ1) is 12.6. The second kappa shape index (κ2) is 8.71. The molecule has 0 unspecified atom stereocenters. The Morgan fingerprint density at radius 2 is 1.70 bits per heavy atom. The fourth-order valence-electron chi connectivity index (χ4n) is 2.09. The average molecular weight is 431 g/mol. The lowest BCUT2D eigenvalue weighted by Gasteiger charge is -2.15. The third-order valence-electron chi connectivity index (χ3n) is 3.48. The van der Waals surface area contributed by atoms with Gasteiger partial charge in [0.15, 0.2) is 0 Å². The van der Waals surface area contributed by atoms with Crippen LogP contribution in [0.15, 0.2) is 47.4 Å². The van der Waals surface area contributed by atoms with Gasteiger partial charge in [0.05, 0.1) is 23.7 Å². The Bertz CT molecular complexity index is 962. The number of carbonyl (C=O) groups excluding carboxylic acids is 2. The summed E-state index contributed by atoms with van der Waals surface area (Å²) in [5, 5.41) is 2.73. The first kappa shape index (κ1) is 21.2. The quantitative estimate of drug-likeness (QED) is 0.685. The number of benzene rings is 2. The third kappa shape index (κ3) is 5.43. The summed E-state index contributed by atoms with van der Waals surface area (Å²) in [5.74, 6) is -1.10. The largest absolute Gasteiger partial charge is 0.465 e. The molecule has 0 radical (unpaired) electrons. The summed E-state index contributed by atoms with van der Waals surface area (Å²) >= 11 is 11.7. The molecular weight excluding hydrogens is 415 g/mol. The number of anilines is 1. The van der Waals surface area contributed by atoms with Gasteiger partial charge in [0, 0.05) is 10.7 Å². The van der Waals surface area contributed by atoms with E-state index in [2.05, 4.69) is 14.8 Å². The number of rotatable bonds is 6. The zero-order valence-corrected chi connectivity index (χ0v) is 16.7. The minimum Gasteiger partial charge on any atom is -0.465 e. The molecule has 2 N–H and O–H groups in total. The Morgan fingerprint density at radius 1 is 1.07 bits per heavy atom. The molecule has 0 heterocycles. The molecule has 2 rings (SSSR count). The molecule has 0 bridgehead atoms. The monoisotopic (exact) mass is 430 g/mol. The number of carbonyl (C=O) groups is 2. The summed E-state index contributed by atoms with van der Waals surface area (Å²) in [6, 6.07) is 8.86. The van der Waals surface area contributed by atoms with Gasteiger partial charge in [-0.1, -0.05) is 23.2 Å². The molecule has 7 nitrogen and oxygen atoms in total. The molecule has 0 aliphatic heterocycles. The Kier molecular flexibility index (Phi) is 6.83. The van der Waals surface area contributed by atoms with Crippen molar-refractivity contribution in [3.63, 3.8) is 0 Å². The topological polar surface area (TPSA) is 102 Å². The molecule has 0 aliphatic rings. The van der Waals surface area contributed by atoms with Crippen LogP contribution >= 0.6 is 23.2 Å². The van der Waals surface area contributed by atoms with Crippen molar-refractivity contribution in [2.75, 3.05) is 12.4 Å². The van der Waals surface area contributed by atoms with Crippen molar-refractivity contribution in [3.8, 4) is 0 Å². The summed E-state index contributed by atoms with van der Waals surface area (Å²) in [4.78, 5) is 23.4. The summed E-state index contributed by atoms with van der Waals surface area (Å²) in [7, 11) is -2.80. The molecule has 10 heteroatoms. The number of esters is 1. The summed E-state index contributed by atoms with van der Waals surface area (Å²) in [6.45, 7) is 1.38. The van der Waals surface area contributed by atoms with Crippen LogP contribution in [0.2, 0.25) is 10.0 Å². The van der Waals surface area contributed by atoms with E-state index in [-0.39, 0.29) is 14.9 Å². The molecule has 144 valence electrons. The van der Waals surface area contributed by atoms with Crippen LogP contribution in [0.25, 0.3) is 0 Å². The highest BCUT2D eigenvalue weighted by Gasteiger charge is 2.24. The minimum absolute atomic E-state index is 0.0158. The lowest BCUT2D eigenvalue weighted by atomic mass is 10.2. The van der Waals surface area contributed by atoms with E-state index in [1.165, 1.54) is 56.5 Å². The number of methoxy groups -OCH3 is 1. The van der Waals surface area contributed by atoms with E-state index in [1.807, 2.05) is 0 Å². The number of sulfonamides is 1. The van der Waals surface area contributed by atoms with Gasteiger partial charge in [-0.2, -0.15) is 4.72 Å². The lowest BCUT2D eigenvalue weighted by Crippen LogP contribution is -2.41. The van der Waals surface area contributed by atoms with E-state index in [9.17, 15) is 18.0 Å². The fraction of sp³-hybridized carbons (Fsp3) is 0.176. The van der Waals surface area contributed by atoms with Gasteiger partial charge in [0.2, 0.25) is 15.9 Å². The molecule has 2 aromatic carbocycles. The van der Waals surface area contributed by atoms with E-state index in [0.29, 0.717) is 11.3 Å². The molecular formula is C17H16Cl2N2O5S. The molecule has 0 fully saturated rings. The van der Waals surface area contributed by atoms with Crippen molar-refractivity contribution in [3.05, 3.63) is 58.1 Å². The maximum Gasteiger partial charge on any atom is 0.337 e. The van der Waals surface area contributed by atoms with E-state index in [1.54, 1.807) is 0 Å². The van der Waals surface area contributed by atoms with Gasteiger partial charge in [-0.05, 0) is 49.4 Å². The van der Waals surface area contributed by atoms with Gasteiger partial charge >= 0.3 is 5.97 Å². The predicted molar refractivity (Wildman–Crippen MR) is 103 cm³/mol. The second-order valence-electron chi connectivity index (χ2n) is 5.48. The number of amides is 1. The zero-order chi connectivity index (χ0) is 20.2. The minimum atomic E-state index is -4.06. The van der Waals surface area contributed by atoms with Crippen LogP contribution in [0.4, 0.5) is 5.69 Å². The van der Waals surface area contributed by atoms with Gasteiger partial charge in [0.1, 0.15) is 4.90 Å².